The summed E-state index contributed by atoms with van der Waals surface area (Å²) >= 11 is 0. The first kappa shape index (κ1) is 18.0. The smallest absolute Gasteiger partial charge is 0.258 e. The molecule has 136 valence electrons. The van der Waals surface area contributed by atoms with Crippen LogP contribution in [0.15, 0.2) is 29.2 Å². The molecule has 1 saturated heterocycles. The predicted molar refractivity (Wildman–Crippen MR) is 98.8 cm³/mol. The fraction of sp³-hybridized carbons (Fsp3) is 0.579. The lowest BCUT2D eigenvalue weighted by Crippen LogP contribution is -2.54. The fourth-order valence-electron chi connectivity index (χ4n) is 3.64. The van der Waals surface area contributed by atoms with E-state index in [0.29, 0.717) is 18.2 Å². The van der Waals surface area contributed by atoms with Crippen molar-refractivity contribution >= 4 is 5.65 Å². The van der Waals surface area contributed by atoms with Gasteiger partial charge < -0.3 is 5.11 Å². The SMILES string of the molecule is CC[C@@H]1CN(Cc2cc(=O)n3cc(C)ccc3n2)CCN1C[C@@H](C)O. The van der Waals surface area contributed by atoms with E-state index >= 15 is 0 Å². The molecule has 0 aromatic carbocycles. The molecule has 1 N–H and O–H groups in total. The van der Waals surface area contributed by atoms with Crippen molar-refractivity contribution in [3.63, 3.8) is 0 Å². The molecule has 6 nitrogen and oxygen atoms in total. The second kappa shape index (κ2) is 7.64. The minimum atomic E-state index is -0.300. The Labute approximate surface area is 148 Å². The van der Waals surface area contributed by atoms with Crippen molar-refractivity contribution in [1.82, 2.24) is 19.2 Å². The van der Waals surface area contributed by atoms with Crippen LogP contribution >= 0.6 is 0 Å². The van der Waals surface area contributed by atoms with E-state index in [1.807, 2.05) is 32.2 Å². The number of nitrogens with zero attached hydrogens (tertiary/aromatic N) is 4. The Kier molecular flexibility index (Phi) is 5.51. The third-order valence-corrected chi connectivity index (χ3v) is 4.90. The Morgan fingerprint density at radius 2 is 2.16 bits per heavy atom. The Morgan fingerprint density at radius 1 is 1.36 bits per heavy atom. The van der Waals surface area contributed by atoms with Gasteiger partial charge in [-0.25, -0.2) is 4.98 Å². The van der Waals surface area contributed by atoms with Crippen molar-refractivity contribution in [3.05, 3.63) is 46.0 Å². The Hall–Kier alpha value is -1.76. The first-order valence-corrected chi connectivity index (χ1v) is 9.09. The summed E-state index contributed by atoms with van der Waals surface area (Å²) < 4.78 is 1.61. The maximum Gasteiger partial charge on any atom is 0.258 e. The zero-order valence-corrected chi connectivity index (χ0v) is 15.4. The molecule has 0 radical (unpaired) electrons. The van der Waals surface area contributed by atoms with Crippen LogP contribution in [0.25, 0.3) is 5.65 Å². The number of fused-ring (bicyclic) bond motifs is 1. The van der Waals surface area contributed by atoms with Gasteiger partial charge in [-0.15, -0.1) is 0 Å². The van der Waals surface area contributed by atoms with Gasteiger partial charge in [-0.2, -0.15) is 0 Å². The highest BCUT2D eigenvalue weighted by Crippen LogP contribution is 2.15. The van der Waals surface area contributed by atoms with Crippen LogP contribution in [-0.2, 0) is 6.54 Å². The van der Waals surface area contributed by atoms with E-state index in [9.17, 15) is 9.90 Å². The molecule has 3 rings (SSSR count). The molecule has 0 unspecified atom stereocenters. The van der Waals surface area contributed by atoms with Gasteiger partial charge in [0.05, 0.1) is 11.8 Å². The molecule has 2 aromatic rings. The van der Waals surface area contributed by atoms with Crippen molar-refractivity contribution in [1.29, 1.82) is 0 Å². The second-order valence-electron chi connectivity index (χ2n) is 7.16. The highest BCUT2D eigenvalue weighted by molar-refractivity contribution is 5.39. The van der Waals surface area contributed by atoms with Crippen molar-refractivity contribution in [3.8, 4) is 0 Å². The molecule has 1 aliphatic heterocycles. The van der Waals surface area contributed by atoms with Crippen molar-refractivity contribution in [2.24, 2.45) is 0 Å². The summed E-state index contributed by atoms with van der Waals surface area (Å²) in [6, 6.07) is 5.96. The second-order valence-corrected chi connectivity index (χ2v) is 7.16. The van der Waals surface area contributed by atoms with Crippen LogP contribution in [0.1, 0.15) is 31.5 Å². The maximum atomic E-state index is 12.4. The van der Waals surface area contributed by atoms with E-state index in [0.717, 1.165) is 43.9 Å². The summed E-state index contributed by atoms with van der Waals surface area (Å²) in [5.41, 5.74) is 2.55. The normalized spacial score (nSPS) is 20.9. The number of aliphatic hydroxyl groups is 1. The van der Waals surface area contributed by atoms with Crippen LogP contribution in [0, 0.1) is 6.92 Å². The lowest BCUT2D eigenvalue weighted by molar-refractivity contribution is 0.0333. The number of β-amino-alcohol motifs (C(OH)–C–C–N with tert-alkyl or cyclic N) is 1. The standard InChI is InChI=1S/C19H28N4O2/c1-4-17-13-21(7-8-22(17)11-15(3)24)12-16-9-19(25)23-10-14(2)5-6-18(23)20-16/h5-6,9-10,15,17,24H,4,7-8,11-13H2,1-3H3/t15-,17-/m1/s1. The summed E-state index contributed by atoms with van der Waals surface area (Å²) in [6.45, 7) is 10.2. The molecule has 25 heavy (non-hydrogen) atoms. The number of aryl methyl sites for hydroxylation is 1. The number of rotatable bonds is 5. The van der Waals surface area contributed by atoms with E-state index in [1.54, 1.807) is 10.5 Å². The quantitative estimate of drug-likeness (QED) is 0.885. The van der Waals surface area contributed by atoms with Gasteiger partial charge in [0, 0.05) is 51.0 Å². The van der Waals surface area contributed by atoms with E-state index < -0.39 is 0 Å². The fourth-order valence-corrected chi connectivity index (χ4v) is 3.64. The predicted octanol–water partition coefficient (Wildman–Crippen LogP) is 1.28. The number of aromatic nitrogens is 2. The summed E-state index contributed by atoms with van der Waals surface area (Å²) in [5.74, 6) is 0. The van der Waals surface area contributed by atoms with Gasteiger partial charge >= 0.3 is 0 Å². The highest BCUT2D eigenvalue weighted by atomic mass is 16.3. The summed E-state index contributed by atoms with van der Waals surface area (Å²) in [6.07, 6.45) is 2.58. The van der Waals surface area contributed by atoms with Crippen molar-refractivity contribution in [2.45, 2.75) is 45.9 Å². The number of hydrogen-bond donors (Lipinski definition) is 1. The average Bonchev–Trinajstić information content (AvgIpc) is 2.56. The molecule has 6 heteroatoms. The Bertz CT molecular complexity index is 787. The topological polar surface area (TPSA) is 61.1 Å². The van der Waals surface area contributed by atoms with E-state index in [4.69, 9.17) is 0 Å². The zero-order chi connectivity index (χ0) is 18.0. The Balaban J connectivity index is 1.73. The molecule has 0 aliphatic carbocycles. The zero-order valence-electron chi connectivity index (χ0n) is 15.4. The van der Waals surface area contributed by atoms with Gasteiger partial charge in [-0.1, -0.05) is 13.0 Å². The molecule has 0 amide bonds. The molecule has 1 aliphatic rings. The molecule has 2 aromatic heterocycles. The van der Waals surface area contributed by atoms with Gasteiger partial charge in [0.1, 0.15) is 5.65 Å². The largest absolute Gasteiger partial charge is 0.392 e. The highest BCUT2D eigenvalue weighted by Gasteiger charge is 2.26. The molecular weight excluding hydrogens is 316 g/mol. The van der Waals surface area contributed by atoms with Gasteiger partial charge in [0.15, 0.2) is 0 Å². The molecule has 0 bridgehead atoms. The van der Waals surface area contributed by atoms with E-state index in [1.165, 1.54) is 0 Å². The van der Waals surface area contributed by atoms with E-state index in [2.05, 4.69) is 21.7 Å². The minimum Gasteiger partial charge on any atom is -0.392 e. The van der Waals surface area contributed by atoms with Gasteiger partial charge in [0.25, 0.3) is 5.56 Å². The number of piperazine rings is 1. The number of hydrogen-bond acceptors (Lipinski definition) is 5. The molecule has 2 atom stereocenters. The van der Waals surface area contributed by atoms with Crippen LogP contribution in [-0.4, -0.2) is 62.6 Å². The van der Waals surface area contributed by atoms with Crippen LogP contribution < -0.4 is 5.56 Å². The lowest BCUT2D eigenvalue weighted by Gasteiger charge is -2.41. The number of aliphatic hydroxyl groups excluding tert-OH is 1. The first-order chi connectivity index (χ1) is 12.0. The minimum absolute atomic E-state index is 0.0246. The molecule has 0 spiro atoms. The summed E-state index contributed by atoms with van der Waals surface area (Å²) in [4.78, 5) is 21.7. The number of pyridine rings is 1. The van der Waals surface area contributed by atoms with E-state index in [-0.39, 0.29) is 11.7 Å². The van der Waals surface area contributed by atoms with Gasteiger partial charge in [0.2, 0.25) is 0 Å². The van der Waals surface area contributed by atoms with Gasteiger partial charge in [-0.05, 0) is 31.9 Å². The molecule has 0 saturated carbocycles. The third kappa shape index (κ3) is 4.26. The average molecular weight is 344 g/mol. The Morgan fingerprint density at radius 3 is 2.88 bits per heavy atom. The van der Waals surface area contributed by atoms with Crippen molar-refractivity contribution < 1.29 is 5.11 Å². The van der Waals surface area contributed by atoms with Gasteiger partial charge in [-0.3, -0.25) is 19.0 Å². The lowest BCUT2D eigenvalue weighted by atomic mass is 10.1. The maximum absolute atomic E-state index is 12.4. The molecule has 3 heterocycles. The van der Waals surface area contributed by atoms with Crippen molar-refractivity contribution in [2.75, 3.05) is 26.2 Å². The monoisotopic (exact) mass is 344 g/mol. The molecule has 1 fully saturated rings. The molecular formula is C19H28N4O2. The van der Waals surface area contributed by atoms with Crippen LogP contribution in [0.2, 0.25) is 0 Å². The summed E-state index contributed by atoms with van der Waals surface area (Å²) in [7, 11) is 0. The first-order valence-electron chi connectivity index (χ1n) is 9.09. The third-order valence-electron chi connectivity index (χ3n) is 4.90. The summed E-state index contributed by atoms with van der Waals surface area (Å²) in [5, 5.41) is 9.67. The van der Waals surface area contributed by atoms with Crippen LogP contribution in [0.5, 0.6) is 0 Å². The van der Waals surface area contributed by atoms with Crippen LogP contribution in [0.3, 0.4) is 0 Å². The van der Waals surface area contributed by atoms with Crippen LogP contribution in [0.4, 0.5) is 0 Å².